The van der Waals surface area contributed by atoms with Crippen molar-refractivity contribution in [1.82, 2.24) is 10.2 Å². The molecular weight excluding hydrogens is 298 g/mol. The summed E-state index contributed by atoms with van der Waals surface area (Å²) in [5.74, 6) is 0.878. The first-order valence-electron chi connectivity index (χ1n) is 7.98. The third-order valence-corrected chi connectivity index (χ3v) is 4.26. The molecule has 3 N–H and O–H groups in total. The van der Waals surface area contributed by atoms with Crippen molar-refractivity contribution in [3.63, 3.8) is 0 Å². The normalized spacial score (nSPS) is 16.1. The summed E-state index contributed by atoms with van der Waals surface area (Å²) in [4.78, 5) is 14.5. The Hall–Kier alpha value is -1.10. The zero-order valence-corrected chi connectivity index (χ0v) is 14.2. The summed E-state index contributed by atoms with van der Waals surface area (Å²) in [6.07, 6.45) is 3.63. The molecule has 1 fully saturated rings. The van der Waals surface area contributed by atoms with Crippen molar-refractivity contribution in [2.75, 3.05) is 26.2 Å². The van der Waals surface area contributed by atoms with E-state index in [9.17, 15) is 4.79 Å². The first-order valence-corrected chi connectivity index (χ1v) is 7.98. The number of benzene rings is 1. The molecule has 1 aliphatic heterocycles. The van der Waals surface area contributed by atoms with Crippen molar-refractivity contribution < 1.29 is 4.79 Å². The third kappa shape index (κ3) is 5.95. The maximum Gasteiger partial charge on any atom is 0.251 e. The van der Waals surface area contributed by atoms with Crippen molar-refractivity contribution in [1.29, 1.82) is 0 Å². The van der Waals surface area contributed by atoms with E-state index in [2.05, 4.69) is 17.1 Å². The average Bonchev–Trinajstić information content (AvgIpc) is 2.53. The number of piperidine rings is 1. The molecular formula is C17H28ClN3O. The number of amides is 1. The first kappa shape index (κ1) is 18.9. The van der Waals surface area contributed by atoms with Crippen molar-refractivity contribution in [2.45, 2.75) is 32.7 Å². The minimum Gasteiger partial charge on any atom is -0.352 e. The molecule has 2 rings (SSSR count). The second-order valence-corrected chi connectivity index (χ2v) is 6.03. The van der Waals surface area contributed by atoms with Crippen LogP contribution in [-0.4, -0.2) is 37.0 Å². The molecule has 0 aliphatic carbocycles. The van der Waals surface area contributed by atoms with E-state index < -0.39 is 0 Å². The van der Waals surface area contributed by atoms with E-state index in [0.29, 0.717) is 12.1 Å². The maximum atomic E-state index is 12.0. The van der Waals surface area contributed by atoms with Gasteiger partial charge in [-0.2, -0.15) is 0 Å². The summed E-state index contributed by atoms with van der Waals surface area (Å²) in [7, 11) is 0. The molecule has 1 aromatic carbocycles. The summed E-state index contributed by atoms with van der Waals surface area (Å²) in [6.45, 7) is 7.07. The Morgan fingerprint density at radius 2 is 1.91 bits per heavy atom. The Bertz CT molecular complexity index is 442. The maximum absolute atomic E-state index is 12.0. The van der Waals surface area contributed by atoms with Crippen LogP contribution >= 0.6 is 12.4 Å². The lowest BCUT2D eigenvalue weighted by molar-refractivity contribution is 0.0950. The molecule has 0 spiro atoms. The van der Waals surface area contributed by atoms with Crippen LogP contribution in [-0.2, 0) is 6.54 Å². The Labute approximate surface area is 139 Å². The molecule has 22 heavy (non-hydrogen) atoms. The van der Waals surface area contributed by atoms with Gasteiger partial charge in [0.25, 0.3) is 5.91 Å². The van der Waals surface area contributed by atoms with Gasteiger partial charge in [0.2, 0.25) is 0 Å². The van der Waals surface area contributed by atoms with Gasteiger partial charge in [0.05, 0.1) is 0 Å². The Morgan fingerprint density at radius 1 is 1.27 bits per heavy atom. The van der Waals surface area contributed by atoms with E-state index in [1.165, 1.54) is 25.9 Å². The number of nitrogens with zero attached hydrogens (tertiary/aromatic N) is 1. The highest BCUT2D eigenvalue weighted by Crippen LogP contribution is 2.15. The number of likely N-dealkylation sites (tertiary alicyclic amines) is 1. The molecule has 1 amide bonds. The topological polar surface area (TPSA) is 58.4 Å². The number of halogens is 1. The van der Waals surface area contributed by atoms with Crippen molar-refractivity contribution in [2.24, 2.45) is 11.7 Å². The number of nitrogens with two attached hydrogens (primary N) is 1. The van der Waals surface area contributed by atoms with Gasteiger partial charge in [-0.1, -0.05) is 19.1 Å². The summed E-state index contributed by atoms with van der Waals surface area (Å²) in [5.41, 5.74) is 7.30. The fourth-order valence-electron chi connectivity index (χ4n) is 2.68. The van der Waals surface area contributed by atoms with E-state index in [1.807, 2.05) is 24.3 Å². The van der Waals surface area contributed by atoms with Crippen LogP contribution < -0.4 is 11.1 Å². The van der Waals surface area contributed by atoms with Gasteiger partial charge in [0.1, 0.15) is 0 Å². The van der Waals surface area contributed by atoms with E-state index in [-0.39, 0.29) is 18.3 Å². The van der Waals surface area contributed by atoms with Crippen LogP contribution in [0.15, 0.2) is 24.3 Å². The molecule has 1 heterocycles. The average molecular weight is 326 g/mol. The summed E-state index contributed by atoms with van der Waals surface area (Å²) >= 11 is 0. The van der Waals surface area contributed by atoms with Crippen LogP contribution in [0.1, 0.15) is 42.1 Å². The number of rotatable bonds is 6. The van der Waals surface area contributed by atoms with Crippen LogP contribution in [0.3, 0.4) is 0 Å². The predicted molar refractivity (Wildman–Crippen MR) is 93.4 cm³/mol. The highest BCUT2D eigenvalue weighted by molar-refractivity contribution is 5.94. The van der Waals surface area contributed by atoms with Crippen molar-refractivity contribution in [3.05, 3.63) is 35.4 Å². The fraction of sp³-hybridized carbons (Fsp3) is 0.588. The SMILES string of the molecule is CC1CCN(CCCNC(=O)c2ccc(CN)cc2)CC1.Cl. The number of hydrogen-bond donors (Lipinski definition) is 2. The van der Waals surface area contributed by atoms with Gasteiger partial charge in [0.15, 0.2) is 0 Å². The standard InChI is InChI=1S/C17H27N3O.ClH/c1-14-7-11-20(12-8-14)10-2-9-19-17(21)16-5-3-15(13-18)4-6-16;/h3-6,14H,2,7-13,18H2,1H3,(H,19,21);1H. The van der Waals surface area contributed by atoms with Crippen molar-refractivity contribution in [3.8, 4) is 0 Å². The number of nitrogens with one attached hydrogen (secondary N) is 1. The molecule has 0 radical (unpaired) electrons. The minimum atomic E-state index is 0. The monoisotopic (exact) mass is 325 g/mol. The van der Waals surface area contributed by atoms with Crippen LogP contribution in [0.5, 0.6) is 0 Å². The van der Waals surface area contributed by atoms with Gasteiger partial charge in [-0.25, -0.2) is 0 Å². The first-order chi connectivity index (χ1) is 10.2. The van der Waals surface area contributed by atoms with Crippen LogP contribution in [0, 0.1) is 5.92 Å². The lowest BCUT2D eigenvalue weighted by atomic mass is 9.99. The zero-order chi connectivity index (χ0) is 15.1. The summed E-state index contributed by atoms with van der Waals surface area (Å²) in [6, 6.07) is 7.49. The molecule has 124 valence electrons. The second kappa shape index (κ2) is 9.82. The summed E-state index contributed by atoms with van der Waals surface area (Å²) < 4.78 is 0. The lowest BCUT2D eigenvalue weighted by Crippen LogP contribution is -2.35. The lowest BCUT2D eigenvalue weighted by Gasteiger charge is -2.30. The molecule has 0 atom stereocenters. The third-order valence-electron chi connectivity index (χ3n) is 4.26. The Kier molecular flexibility index (Phi) is 8.46. The molecule has 0 saturated carbocycles. The minimum absolute atomic E-state index is 0. The predicted octanol–water partition coefficient (Wildman–Crippen LogP) is 2.42. The van der Waals surface area contributed by atoms with Gasteiger partial charge in [-0.15, -0.1) is 12.4 Å². The van der Waals surface area contributed by atoms with E-state index >= 15 is 0 Å². The van der Waals surface area contributed by atoms with E-state index in [0.717, 1.165) is 31.0 Å². The second-order valence-electron chi connectivity index (χ2n) is 6.03. The quantitative estimate of drug-likeness (QED) is 0.790. The van der Waals surface area contributed by atoms with Gasteiger partial charge in [-0.05, 0) is 62.5 Å². The Balaban J connectivity index is 0.00000242. The molecule has 1 saturated heterocycles. The highest BCUT2D eigenvalue weighted by atomic mass is 35.5. The number of hydrogen-bond acceptors (Lipinski definition) is 3. The molecule has 4 nitrogen and oxygen atoms in total. The van der Waals surface area contributed by atoms with Crippen LogP contribution in [0.2, 0.25) is 0 Å². The van der Waals surface area contributed by atoms with Gasteiger partial charge in [0, 0.05) is 18.7 Å². The molecule has 1 aromatic rings. The van der Waals surface area contributed by atoms with Gasteiger partial charge < -0.3 is 16.0 Å². The van der Waals surface area contributed by atoms with Gasteiger partial charge >= 0.3 is 0 Å². The summed E-state index contributed by atoms with van der Waals surface area (Å²) in [5, 5.41) is 2.99. The fourth-order valence-corrected chi connectivity index (χ4v) is 2.68. The highest BCUT2D eigenvalue weighted by Gasteiger charge is 2.14. The molecule has 0 aromatic heterocycles. The molecule has 0 unspecified atom stereocenters. The molecule has 5 heteroatoms. The number of carbonyl (C=O) groups is 1. The van der Waals surface area contributed by atoms with Crippen LogP contribution in [0.25, 0.3) is 0 Å². The van der Waals surface area contributed by atoms with Gasteiger partial charge in [-0.3, -0.25) is 4.79 Å². The van der Waals surface area contributed by atoms with Crippen molar-refractivity contribution >= 4 is 18.3 Å². The number of carbonyl (C=O) groups excluding carboxylic acids is 1. The van der Waals surface area contributed by atoms with E-state index in [1.54, 1.807) is 0 Å². The zero-order valence-electron chi connectivity index (χ0n) is 13.4. The smallest absolute Gasteiger partial charge is 0.251 e. The molecule has 1 aliphatic rings. The molecule has 0 bridgehead atoms. The largest absolute Gasteiger partial charge is 0.352 e. The Morgan fingerprint density at radius 3 is 2.50 bits per heavy atom. The van der Waals surface area contributed by atoms with Crippen LogP contribution in [0.4, 0.5) is 0 Å². The van der Waals surface area contributed by atoms with E-state index in [4.69, 9.17) is 5.73 Å².